The minimum absolute atomic E-state index is 0.255. The molecule has 0 aliphatic heterocycles. The highest BCUT2D eigenvalue weighted by Crippen LogP contribution is 2.22. The molecule has 0 fully saturated rings. The van der Waals surface area contributed by atoms with Crippen LogP contribution in [0.1, 0.15) is 29.3 Å². The fourth-order valence-corrected chi connectivity index (χ4v) is 1.81. The standard InChI is InChI=1S/C16H16O3/c1-2-3-12-4-8-14(9-5-12)19-15-10-6-13(7-11-15)16(17)18/h4-11H,2-3H2,1H3,(H,17,18). The molecule has 0 saturated carbocycles. The van der Waals surface area contributed by atoms with Crippen molar-refractivity contribution in [1.82, 2.24) is 0 Å². The number of carbonyl (C=O) groups is 1. The molecule has 0 aliphatic carbocycles. The van der Waals surface area contributed by atoms with Crippen molar-refractivity contribution in [3.8, 4) is 11.5 Å². The Hall–Kier alpha value is -2.29. The molecule has 2 aromatic carbocycles. The van der Waals surface area contributed by atoms with Gasteiger partial charge in [-0.1, -0.05) is 25.5 Å². The highest BCUT2D eigenvalue weighted by molar-refractivity contribution is 5.87. The van der Waals surface area contributed by atoms with E-state index in [0.717, 1.165) is 18.6 Å². The molecule has 2 aromatic rings. The molecule has 3 nitrogen and oxygen atoms in total. The van der Waals surface area contributed by atoms with Gasteiger partial charge in [0.15, 0.2) is 0 Å². The van der Waals surface area contributed by atoms with Crippen LogP contribution in [-0.4, -0.2) is 11.1 Å². The average molecular weight is 256 g/mol. The van der Waals surface area contributed by atoms with Gasteiger partial charge in [0.05, 0.1) is 5.56 Å². The van der Waals surface area contributed by atoms with E-state index in [0.29, 0.717) is 5.75 Å². The number of ether oxygens (including phenoxy) is 1. The summed E-state index contributed by atoms with van der Waals surface area (Å²) in [5.41, 5.74) is 1.54. The zero-order valence-corrected chi connectivity index (χ0v) is 10.8. The normalized spacial score (nSPS) is 10.2. The molecule has 0 bridgehead atoms. The van der Waals surface area contributed by atoms with Crippen molar-refractivity contribution in [3.05, 3.63) is 59.7 Å². The minimum atomic E-state index is -0.935. The maximum atomic E-state index is 10.7. The predicted molar refractivity (Wildman–Crippen MR) is 73.9 cm³/mol. The van der Waals surface area contributed by atoms with E-state index in [1.54, 1.807) is 12.1 Å². The monoisotopic (exact) mass is 256 g/mol. The maximum Gasteiger partial charge on any atom is 0.335 e. The van der Waals surface area contributed by atoms with Crippen molar-refractivity contribution in [2.75, 3.05) is 0 Å². The Morgan fingerprint density at radius 1 is 1.00 bits per heavy atom. The number of carboxylic acid groups (broad SMARTS) is 1. The van der Waals surface area contributed by atoms with E-state index in [2.05, 4.69) is 6.92 Å². The summed E-state index contributed by atoms with van der Waals surface area (Å²) in [6.45, 7) is 2.15. The lowest BCUT2D eigenvalue weighted by molar-refractivity contribution is 0.0697. The van der Waals surface area contributed by atoms with Crippen LogP contribution >= 0.6 is 0 Å². The van der Waals surface area contributed by atoms with E-state index in [1.165, 1.54) is 17.7 Å². The van der Waals surface area contributed by atoms with Crippen molar-refractivity contribution in [1.29, 1.82) is 0 Å². The average Bonchev–Trinajstić information content (AvgIpc) is 2.42. The zero-order chi connectivity index (χ0) is 13.7. The predicted octanol–water partition coefficient (Wildman–Crippen LogP) is 4.13. The van der Waals surface area contributed by atoms with Crippen LogP contribution in [0.15, 0.2) is 48.5 Å². The molecule has 0 aromatic heterocycles. The highest BCUT2D eigenvalue weighted by Gasteiger charge is 2.03. The van der Waals surface area contributed by atoms with Crippen molar-refractivity contribution in [2.45, 2.75) is 19.8 Å². The van der Waals surface area contributed by atoms with Gasteiger partial charge in [0.25, 0.3) is 0 Å². The van der Waals surface area contributed by atoms with Crippen LogP contribution in [-0.2, 0) is 6.42 Å². The fourth-order valence-electron chi connectivity index (χ4n) is 1.81. The topological polar surface area (TPSA) is 46.5 Å². The quantitative estimate of drug-likeness (QED) is 0.874. The summed E-state index contributed by atoms with van der Waals surface area (Å²) in [6, 6.07) is 14.3. The first-order valence-corrected chi connectivity index (χ1v) is 6.29. The van der Waals surface area contributed by atoms with Gasteiger partial charge >= 0.3 is 5.97 Å². The molecule has 19 heavy (non-hydrogen) atoms. The summed E-state index contributed by atoms with van der Waals surface area (Å²) in [6.07, 6.45) is 2.18. The summed E-state index contributed by atoms with van der Waals surface area (Å²) in [5.74, 6) is 0.451. The van der Waals surface area contributed by atoms with E-state index < -0.39 is 5.97 Å². The third-order valence-corrected chi connectivity index (χ3v) is 2.80. The number of carboxylic acids is 1. The van der Waals surface area contributed by atoms with Crippen LogP contribution in [0.3, 0.4) is 0 Å². The van der Waals surface area contributed by atoms with E-state index >= 15 is 0 Å². The molecule has 3 heteroatoms. The Bertz CT molecular complexity index is 541. The Morgan fingerprint density at radius 3 is 2.00 bits per heavy atom. The number of aryl methyl sites for hydroxylation is 1. The maximum absolute atomic E-state index is 10.7. The van der Waals surface area contributed by atoms with Crippen LogP contribution < -0.4 is 4.74 Å². The van der Waals surface area contributed by atoms with Gasteiger partial charge in [0.1, 0.15) is 11.5 Å². The number of hydrogen-bond acceptors (Lipinski definition) is 2. The van der Waals surface area contributed by atoms with Gasteiger partial charge in [-0.25, -0.2) is 4.79 Å². The van der Waals surface area contributed by atoms with Crippen LogP contribution in [0.4, 0.5) is 0 Å². The van der Waals surface area contributed by atoms with Gasteiger partial charge in [0, 0.05) is 0 Å². The molecular weight excluding hydrogens is 240 g/mol. The summed E-state index contributed by atoms with van der Waals surface area (Å²) >= 11 is 0. The van der Waals surface area contributed by atoms with Crippen molar-refractivity contribution in [3.63, 3.8) is 0 Å². The summed E-state index contributed by atoms with van der Waals surface area (Å²) in [4.78, 5) is 10.7. The van der Waals surface area contributed by atoms with E-state index in [9.17, 15) is 4.79 Å². The van der Waals surface area contributed by atoms with E-state index in [1.807, 2.05) is 24.3 Å². The first-order chi connectivity index (χ1) is 9.19. The molecule has 2 rings (SSSR count). The van der Waals surface area contributed by atoms with Gasteiger partial charge in [-0.3, -0.25) is 0 Å². The second kappa shape index (κ2) is 6.05. The Kier molecular flexibility index (Phi) is 4.18. The molecule has 98 valence electrons. The van der Waals surface area contributed by atoms with Crippen LogP contribution in [0.5, 0.6) is 11.5 Å². The lowest BCUT2D eigenvalue weighted by Gasteiger charge is -2.06. The molecule has 0 atom stereocenters. The molecular formula is C16H16O3. The van der Waals surface area contributed by atoms with E-state index in [4.69, 9.17) is 9.84 Å². The van der Waals surface area contributed by atoms with Gasteiger partial charge < -0.3 is 9.84 Å². The molecule has 0 spiro atoms. The van der Waals surface area contributed by atoms with Crippen molar-refractivity contribution < 1.29 is 14.6 Å². The molecule has 0 unspecified atom stereocenters. The van der Waals surface area contributed by atoms with E-state index in [-0.39, 0.29) is 5.56 Å². The smallest absolute Gasteiger partial charge is 0.335 e. The lowest BCUT2D eigenvalue weighted by atomic mass is 10.1. The Morgan fingerprint density at radius 2 is 1.53 bits per heavy atom. The fraction of sp³-hybridized carbons (Fsp3) is 0.188. The second-order valence-corrected chi connectivity index (χ2v) is 4.33. The minimum Gasteiger partial charge on any atom is -0.478 e. The lowest BCUT2D eigenvalue weighted by Crippen LogP contribution is -1.95. The molecule has 0 saturated heterocycles. The third kappa shape index (κ3) is 3.58. The highest BCUT2D eigenvalue weighted by atomic mass is 16.5. The number of benzene rings is 2. The third-order valence-electron chi connectivity index (χ3n) is 2.80. The summed E-state index contributed by atoms with van der Waals surface area (Å²) in [7, 11) is 0. The van der Waals surface area contributed by atoms with Crippen molar-refractivity contribution in [2.24, 2.45) is 0 Å². The number of rotatable bonds is 5. The molecule has 0 heterocycles. The first kappa shape index (κ1) is 13.1. The summed E-state index contributed by atoms with van der Waals surface area (Å²) < 4.78 is 5.65. The molecule has 0 aliphatic rings. The molecule has 1 N–H and O–H groups in total. The molecule has 0 amide bonds. The van der Waals surface area contributed by atoms with Crippen LogP contribution in [0.25, 0.3) is 0 Å². The summed E-state index contributed by atoms with van der Waals surface area (Å²) in [5, 5.41) is 8.81. The van der Waals surface area contributed by atoms with Gasteiger partial charge in [0.2, 0.25) is 0 Å². The SMILES string of the molecule is CCCc1ccc(Oc2ccc(C(=O)O)cc2)cc1. The number of hydrogen-bond donors (Lipinski definition) is 1. The van der Waals surface area contributed by atoms with Gasteiger partial charge in [-0.05, 0) is 48.4 Å². The molecule has 0 radical (unpaired) electrons. The van der Waals surface area contributed by atoms with Crippen LogP contribution in [0.2, 0.25) is 0 Å². The zero-order valence-electron chi connectivity index (χ0n) is 10.8. The van der Waals surface area contributed by atoms with Crippen LogP contribution in [0, 0.1) is 0 Å². The number of aromatic carboxylic acids is 1. The largest absolute Gasteiger partial charge is 0.478 e. The Balaban J connectivity index is 2.06. The Labute approximate surface area is 112 Å². The second-order valence-electron chi connectivity index (χ2n) is 4.33. The van der Waals surface area contributed by atoms with Gasteiger partial charge in [-0.2, -0.15) is 0 Å². The first-order valence-electron chi connectivity index (χ1n) is 6.29. The van der Waals surface area contributed by atoms with Gasteiger partial charge in [-0.15, -0.1) is 0 Å². The van der Waals surface area contributed by atoms with Crippen molar-refractivity contribution >= 4 is 5.97 Å².